The van der Waals surface area contributed by atoms with Crippen LogP contribution in [0.1, 0.15) is 45.7 Å². The van der Waals surface area contributed by atoms with E-state index < -0.39 is 8.07 Å². The molecule has 0 saturated heterocycles. The molecule has 0 radical (unpaired) electrons. The minimum absolute atomic E-state index is 0.246. The molecule has 2 unspecified atom stereocenters. The molecule has 0 aliphatic heterocycles. The summed E-state index contributed by atoms with van der Waals surface area (Å²) in [6.07, 6.45) is 2.56. The molecule has 0 bridgehead atoms. The van der Waals surface area contributed by atoms with Gasteiger partial charge in [-0.25, -0.2) is 0 Å². The van der Waals surface area contributed by atoms with Crippen molar-refractivity contribution in [1.29, 1.82) is 0 Å². The van der Waals surface area contributed by atoms with Crippen molar-refractivity contribution in [3.05, 3.63) is 52.1 Å². The molecular weight excluding hydrogens is 268 g/mol. The van der Waals surface area contributed by atoms with Crippen LogP contribution in [0.15, 0.2) is 41.0 Å². The van der Waals surface area contributed by atoms with E-state index in [1.54, 1.807) is 10.8 Å². The van der Waals surface area contributed by atoms with Crippen LogP contribution in [0.25, 0.3) is 0 Å². The Hall–Kier alpha value is -1.08. The molecule has 114 valence electrons. The van der Waals surface area contributed by atoms with Gasteiger partial charge in [-0.1, -0.05) is 78.2 Å². The van der Waals surface area contributed by atoms with Gasteiger partial charge in [0.2, 0.25) is 0 Å². The molecule has 1 aromatic carbocycles. The zero-order chi connectivity index (χ0) is 16.0. The second-order valence-corrected chi connectivity index (χ2v) is 12.3. The van der Waals surface area contributed by atoms with E-state index >= 15 is 0 Å². The Morgan fingerprint density at radius 1 is 0.952 bits per heavy atom. The molecule has 1 aliphatic carbocycles. The smallest absolute Gasteiger partial charge is 0.0737 e. The lowest BCUT2D eigenvalue weighted by molar-refractivity contribution is 0.847. The first-order valence-corrected chi connectivity index (χ1v) is 10.8. The van der Waals surface area contributed by atoms with E-state index in [1.165, 1.54) is 28.3 Å². The van der Waals surface area contributed by atoms with Crippen LogP contribution in [0.3, 0.4) is 0 Å². The average Bonchev–Trinajstić information content (AvgIpc) is 2.61. The number of allylic oxidation sites excluding steroid dienone is 4. The van der Waals surface area contributed by atoms with Crippen LogP contribution in [0.4, 0.5) is 0 Å². The van der Waals surface area contributed by atoms with Crippen LogP contribution in [0.5, 0.6) is 0 Å². The topological polar surface area (TPSA) is 0 Å². The van der Waals surface area contributed by atoms with Crippen LogP contribution in [-0.4, -0.2) is 8.07 Å². The summed E-state index contributed by atoms with van der Waals surface area (Å²) in [5.41, 5.74) is 7.38. The summed E-state index contributed by atoms with van der Waals surface area (Å²) >= 11 is 0. The van der Waals surface area contributed by atoms with Crippen LogP contribution >= 0.6 is 0 Å². The zero-order valence-electron chi connectivity index (χ0n) is 15.0. The highest BCUT2D eigenvalue weighted by Crippen LogP contribution is 2.54. The van der Waals surface area contributed by atoms with Gasteiger partial charge in [0.15, 0.2) is 0 Å². The van der Waals surface area contributed by atoms with Crippen LogP contribution in [-0.2, 0) is 0 Å². The second-order valence-electron chi connectivity index (χ2n) is 7.34. The fourth-order valence-corrected chi connectivity index (χ4v) is 8.46. The molecule has 0 saturated carbocycles. The Balaban J connectivity index is 2.67. The number of aryl methyl sites for hydroxylation is 2. The number of benzene rings is 1. The average molecular weight is 299 g/mol. The second kappa shape index (κ2) is 5.28. The van der Waals surface area contributed by atoms with Gasteiger partial charge in [-0.15, -0.1) is 0 Å². The summed E-state index contributed by atoms with van der Waals surface area (Å²) in [6.45, 7) is 18.8. The Labute approximate surface area is 132 Å². The summed E-state index contributed by atoms with van der Waals surface area (Å²) < 4.78 is 0. The quantitative estimate of drug-likeness (QED) is 0.631. The SMILES string of the molecule is CC[Si](C)(c1cc(C)cc(C)c1)C1(C)C=C(C)C(C)=C1C. The van der Waals surface area contributed by atoms with Crippen LogP contribution < -0.4 is 5.19 Å². The molecule has 1 aromatic rings. The van der Waals surface area contributed by atoms with E-state index in [4.69, 9.17) is 0 Å². The fraction of sp³-hybridized carbons (Fsp3) is 0.500. The normalized spacial score (nSPS) is 25.0. The summed E-state index contributed by atoms with van der Waals surface area (Å²) in [6, 6.07) is 8.46. The fourth-order valence-electron chi connectivity index (χ4n) is 4.07. The van der Waals surface area contributed by atoms with Crippen molar-refractivity contribution in [3.63, 3.8) is 0 Å². The first-order valence-electron chi connectivity index (χ1n) is 8.12. The van der Waals surface area contributed by atoms with Gasteiger partial charge in [0, 0.05) is 5.04 Å². The highest BCUT2D eigenvalue weighted by Gasteiger charge is 2.48. The van der Waals surface area contributed by atoms with E-state index in [9.17, 15) is 0 Å². The molecule has 2 rings (SSSR count). The maximum absolute atomic E-state index is 2.58. The van der Waals surface area contributed by atoms with Gasteiger partial charge in [-0.3, -0.25) is 0 Å². The molecule has 0 nitrogen and oxygen atoms in total. The number of hydrogen-bond donors (Lipinski definition) is 0. The first kappa shape index (κ1) is 16.3. The third-order valence-electron chi connectivity index (χ3n) is 6.15. The van der Waals surface area contributed by atoms with Crippen molar-refractivity contribution >= 4 is 13.3 Å². The lowest BCUT2D eigenvalue weighted by Crippen LogP contribution is -2.53. The molecule has 0 spiro atoms. The molecule has 1 aliphatic rings. The van der Waals surface area contributed by atoms with Gasteiger partial charge < -0.3 is 0 Å². The summed E-state index contributed by atoms with van der Waals surface area (Å²) in [5.74, 6) is 0. The molecule has 0 heterocycles. The maximum Gasteiger partial charge on any atom is 0.0974 e. The van der Waals surface area contributed by atoms with Crippen LogP contribution in [0, 0.1) is 13.8 Å². The summed E-state index contributed by atoms with van der Waals surface area (Å²) in [7, 11) is -1.63. The number of rotatable bonds is 3. The standard InChI is InChI=1S/C20H30Si/c1-9-21(8,19-11-14(2)10-15(3)12-19)20(7)13-16(4)17(5)18(20)6/h10-13H,9H2,1-8H3. The Morgan fingerprint density at radius 3 is 1.86 bits per heavy atom. The third-order valence-corrected chi connectivity index (χ3v) is 11.9. The molecule has 1 heteroatoms. The van der Waals surface area contributed by atoms with E-state index in [1.807, 2.05) is 0 Å². The predicted molar refractivity (Wildman–Crippen MR) is 98.1 cm³/mol. The van der Waals surface area contributed by atoms with Crippen molar-refractivity contribution < 1.29 is 0 Å². The lowest BCUT2D eigenvalue weighted by Gasteiger charge is -2.43. The molecule has 21 heavy (non-hydrogen) atoms. The molecule has 0 fully saturated rings. The van der Waals surface area contributed by atoms with E-state index in [-0.39, 0.29) is 5.04 Å². The van der Waals surface area contributed by atoms with Crippen molar-refractivity contribution in [1.82, 2.24) is 0 Å². The van der Waals surface area contributed by atoms with Gasteiger partial charge >= 0.3 is 0 Å². The van der Waals surface area contributed by atoms with Crippen molar-refractivity contribution in [2.24, 2.45) is 0 Å². The largest absolute Gasteiger partial charge is 0.0974 e. The molecule has 2 atom stereocenters. The van der Waals surface area contributed by atoms with Gasteiger partial charge in [-0.05, 0) is 40.2 Å². The molecule has 0 aromatic heterocycles. The van der Waals surface area contributed by atoms with Gasteiger partial charge in [0.1, 0.15) is 0 Å². The van der Waals surface area contributed by atoms with Crippen molar-refractivity contribution in [2.45, 2.75) is 66.1 Å². The van der Waals surface area contributed by atoms with E-state index in [0.717, 1.165) is 0 Å². The predicted octanol–water partition coefficient (Wildman–Crippen LogP) is 5.67. The molecule has 0 amide bonds. The van der Waals surface area contributed by atoms with Gasteiger partial charge in [0.05, 0.1) is 8.07 Å². The highest BCUT2D eigenvalue weighted by molar-refractivity contribution is 6.94. The highest BCUT2D eigenvalue weighted by atomic mass is 28.3. The Kier molecular flexibility index (Phi) is 4.09. The monoisotopic (exact) mass is 298 g/mol. The van der Waals surface area contributed by atoms with E-state index in [0.29, 0.717) is 0 Å². The molecule has 0 N–H and O–H groups in total. The minimum atomic E-state index is -1.63. The Morgan fingerprint density at radius 2 is 1.48 bits per heavy atom. The molecular formula is C20H30Si. The van der Waals surface area contributed by atoms with Gasteiger partial charge in [0.25, 0.3) is 0 Å². The zero-order valence-corrected chi connectivity index (χ0v) is 16.0. The van der Waals surface area contributed by atoms with Crippen molar-refractivity contribution in [3.8, 4) is 0 Å². The van der Waals surface area contributed by atoms with Crippen molar-refractivity contribution in [2.75, 3.05) is 0 Å². The maximum atomic E-state index is 2.58. The minimum Gasteiger partial charge on any atom is -0.0737 e. The van der Waals surface area contributed by atoms with Crippen LogP contribution in [0.2, 0.25) is 17.6 Å². The first-order chi connectivity index (χ1) is 9.65. The summed E-state index contributed by atoms with van der Waals surface area (Å²) in [5, 5.41) is 1.86. The third kappa shape index (κ3) is 2.36. The Bertz CT molecular complexity index is 615. The van der Waals surface area contributed by atoms with E-state index in [2.05, 4.69) is 79.3 Å². The number of hydrogen-bond acceptors (Lipinski definition) is 0. The van der Waals surface area contributed by atoms with Gasteiger partial charge in [-0.2, -0.15) is 0 Å². The lowest BCUT2D eigenvalue weighted by atomic mass is 10.0. The summed E-state index contributed by atoms with van der Waals surface area (Å²) in [4.78, 5) is 0.